The molecule has 1 aromatic heterocycles. The zero-order chi connectivity index (χ0) is 25.0. The summed E-state index contributed by atoms with van der Waals surface area (Å²) in [7, 11) is 0. The molecule has 1 fully saturated rings. The zero-order valence-electron chi connectivity index (χ0n) is 17.4. The fraction of sp³-hybridized carbons (Fsp3) is 0.368. The lowest BCUT2D eigenvalue weighted by atomic mass is 10.1. The molecule has 1 saturated heterocycles. The maximum atomic E-state index is 13.5. The van der Waals surface area contributed by atoms with Crippen LogP contribution in [0, 0.1) is 15.9 Å². The summed E-state index contributed by atoms with van der Waals surface area (Å²) < 4.78 is 52.4. The number of hydrogen-bond acceptors (Lipinski definition) is 8. The van der Waals surface area contributed by atoms with E-state index in [2.05, 4.69) is 20.6 Å². The van der Waals surface area contributed by atoms with Crippen molar-refractivity contribution in [2.24, 2.45) is 5.73 Å². The van der Waals surface area contributed by atoms with Crippen LogP contribution in [0.15, 0.2) is 24.5 Å². The predicted octanol–water partition coefficient (Wildman–Crippen LogP) is 1.73. The topological polar surface area (TPSA) is 156 Å². The number of benzene rings is 1. The first-order chi connectivity index (χ1) is 16.0. The van der Waals surface area contributed by atoms with Gasteiger partial charge in [0.25, 0.3) is 0 Å². The quantitative estimate of drug-likeness (QED) is 0.290. The Morgan fingerprint density at radius 2 is 2.03 bits per heavy atom. The van der Waals surface area contributed by atoms with Crippen molar-refractivity contribution in [2.75, 3.05) is 23.3 Å². The summed E-state index contributed by atoms with van der Waals surface area (Å²) >= 11 is 0. The number of aromatic nitrogens is 2. The lowest BCUT2D eigenvalue weighted by Crippen LogP contribution is -2.46. The normalized spacial score (nSPS) is 15.8. The SMILES string of the molecule is NC(=O)CNC(=O)C1CCCN1c1ncnc(NCc2ccc(F)c(C(F)(F)F)c2)c1[N+](=O)[O-]. The van der Waals surface area contributed by atoms with Gasteiger partial charge < -0.3 is 21.3 Å². The van der Waals surface area contributed by atoms with Crippen molar-refractivity contribution in [3.63, 3.8) is 0 Å². The van der Waals surface area contributed by atoms with Gasteiger partial charge in [0.05, 0.1) is 17.0 Å². The Balaban J connectivity index is 1.87. The van der Waals surface area contributed by atoms with E-state index in [0.29, 0.717) is 25.0 Å². The first-order valence-corrected chi connectivity index (χ1v) is 9.90. The van der Waals surface area contributed by atoms with Gasteiger partial charge in [-0.05, 0) is 30.5 Å². The third kappa shape index (κ3) is 5.47. The number of amides is 2. The minimum atomic E-state index is -4.91. The molecule has 0 aliphatic carbocycles. The largest absolute Gasteiger partial charge is 0.419 e. The van der Waals surface area contributed by atoms with Gasteiger partial charge in [0.15, 0.2) is 0 Å². The van der Waals surface area contributed by atoms with Crippen LogP contribution in [-0.4, -0.2) is 45.8 Å². The molecular weight excluding hydrogens is 466 g/mol. The monoisotopic (exact) mass is 485 g/mol. The summed E-state index contributed by atoms with van der Waals surface area (Å²) in [6.45, 7) is -0.485. The number of primary amides is 1. The minimum Gasteiger partial charge on any atom is -0.368 e. The van der Waals surface area contributed by atoms with Crippen molar-refractivity contribution in [3.05, 3.63) is 51.6 Å². The molecule has 0 radical (unpaired) electrons. The van der Waals surface area contributed by atoms with Crippen molar-refractivity contribution in [1.29, 1.82) is 0 Å². The van der Waals surface area contributed by atoms with E-state index in [0.717, 1.165) is 12.4 Å². The lowest BCUT2D eigenvalue weighted by molar-refractivity contribution is -0.383. The summed E-state index contributed by atoms with van der Waals surface area (Å²) in [5, 5.41) is 16.8. The summed E-state index contributed by atoms with van der Waals surface area (Å²) in [4.78, 5) is 43.6. The maximum absolute atomic E-state index is 13.5. The van der Waals surface area contributed by atoms with Gasteiger partial charge in [-0.1, -0.05) is 6.07 Å². The Bertz CT molecular complexity index is 1110. The molecule has 15 heteroatoms. The molecule has 4 N–H and O–H groups in total. The molecule has 1 aromatic carbocycles. The average Bonchev–Trinajstić information content (AvgIpc) is 3.25. The molecule has 1 aliphatic rings. The van der Waals surface area contributed by atoms with Crippen LogP contribution >= 0.6 is 0 Å². The molecule has 182 valence electrons. The average molecular weight is 485 g/mol. The first-order valence-electron chi connectivity index (χ1n) is 9.90. The van der Waals surface area contributed by atoms with E-state index in [1.807, 2.05) is 0 Å². The summed E-state index contributed by atoms with van der Waals surface area (Å²) in [6.07, 6.45) is -3.06. The molecule has 2 amide bonds. The van der Waals surface area contributed by atoms with Crippen molar-refractivity contribution in [1.82, 2.24) is 15.3 Å². The standard InChI is InChI=1S/C19H19F4N7O4/c20-12-4-3-10(6-11(12)19(21,22)23)7-25-16-15(30(33)34)17(28-9-27-16)29-5-1-2-13(29)18(32)26-8-14(24)31/h3-4,6,9,13H,1-2,5,7-8H2,(H2,24,31)(H,26,32)(H,25,27,28). The first kappa shape index (κ1) is 24.6. The molecule has 3 rings (SSSR count). The van der Waals surface area contributed by atoms with E-state index in [1.165, 1.54) is 4.90 Å². The number of hydrogen-bond donors (Lipinski definition) is 3. The summed E-state index contributed by atoms with van der Waals surface area (Å²) in [5.74, 6) is -3.23. The third-order valence-corrected chi connectivity index (χ3v) is 5.05. The van der Waals surface area contributed by atoms with Gasteiger partial charge in [-0.15, -0.1) is 0 Å². The van der Waals surface area contributed by atoms with Crippen LogP contribution in [0.25, 0.3) is 0 Å². The molecule has 2 heterocycles. The second-order valence-electron chi connectivity index (χ2n) is 7.35. The molecule has 1 unspecified atom stereocenters. The second-order valence-corrected chi connectivity index (χ2v) is 7.35. The van der Waals surface area contributed by atoms with Gasteiger partial charge in [-0.2, -0.15) is 13.2 Å². The van der Waals surface area contributed by atoms with Crippen LogP contribution in [0.4, 0.5) is 34.9 Å². The molecule has 11 nitrogen and oxygen atoms in total. The number of halogens is 4. The van der Waals surface area contributed by atoms with Gasteiger partial charge in [-0.3, -0.25) is 19.7 Å². The molecule has 34 heavy (non-hydrogen) atoms. The Morgan fingerprint density at radius 1 is 1.29 bits per heavy atom. The summed E-state index contributed by atoms with van der Waals surface area (Å²) in [5.41, 5.74) is 2.98. The van der Waals surface area contributed by atoms with Gasteiger partial charge in [0, 0.05) is 13.1 Å². The number of nitrogens with one attached hydrogen (secondary N) is 2. The van der Waals surface area contributed by atoms with E-state index >= 15 is 0 Å². The number of carbonyl (C=O) groups excluding carboxylic acids is 2. The lowest BCUT2D eigenvalue weighted by Gasteiger charge is -2.24. The van der Waals surface area contributed by atoms with Gasteiger partial charge >= 0.3 is 11.9 Å². The fourth-order valence-electron chi connectivity index (χ4n) is 3.55. The maximum Gasteiger partial charge on any atom is 0.419 e. The number of rotatable bonds is 8. The van der Waals surface area contributed by atoms with Crippen molar-refractivity contribution >= 4 is 29.1 Å². The smallest absolute Gasteiger partial charge is 0.368 e. The van der Waals surface area contributed by atoms with Crippen LogP contribution in [-0.2, 0) is 22.3 Å². The number of nitro groups is 1. The van der Waals surface area contributed by atoms with Gasteiger partial charge in [0.2, 0.25) is 23.5 Å². The van der Waals surface area contributed by atoms with Crippen LogP contribution in [0.3, 0.4) is 0 Å². The van der Waals surface area contributed by atoms with E-state index in [9.17, 15) is 37.3 Å². The van der Waals surface area contributed by atoms with Crippen LogP contribution in [0.5, 0.6) is 0 Å². The molecule has 0 saturated carbocycles. The van der Waals surface area contributed by atoms with Crippen LogP contribution < -0.4 is 21.3 Å². The predicted molar refractivity (Wildman–Crippen MR) is 110 cm³/mol. The highest BCUT2D eigenvalue weighted by molar-refractivity contribution is 5.90. The molecule has 1 atom stereocenters. The number of nitrogens with two attached hydrogens (primary N) is 1. The summed E-state index contributed by atoms with van der Waals surface area (Å²) in [6, 6.07) is 1.49. The van der Waals surface area contributed by atoms with E-state index in [1.54, 1.807) is 0 Å². The number of anilines is 2. The van der Waals surface area contributed by atoms with Gasteiger partial charge in [-0.25, -0.2) is 14.4 Å². The molecule has 2 aromatic rings. The Hall–Kier alpha value is -4.04. The highest BCUT2D eigenvalue weighted by Crippen LogP contribution is 2.36. The Labute approximate surface area is 189 Å². The van der Waals surface area contributed by atoms with Crippen molar-refractivity contribution in [3.8, 4) is 0 Å². The molecule has 0 bridgehead atoms. The van der Waals surface area contributed by atoms with E-state index in [-0.39, 0.29) is 30.3 Å². The zero-order valence-corrected chi connectivity index (χ0v) is 17.4. The molecule has 0 spiro atoms. The number of carbonyl (C=O) groups is 2. The van der Waals surface area contributed by atoms with Crippen molar-refractivity contribution < 1.29 is 32.1 Å². The Morgan fingerprint density at radius 3 is 2.68 bits per heavy atom. The van der Waals surface area contributed by atoms with E-state index < -0.39 is 52.6 Å². The highest BCUT2D eigenvalue weighted by atomic mass is 19.4. The molecular formula is C19H19F4N7O4. The Kier molecular flexibility index (Phi) is 7.12. The van der Waals surface area contributed by atoms with Crippen LogP contribution in [0.2, 0.25) is 0 Å². The highest BCUT2D eigenvalue weighted by Gasteiger charge is 2.37. The number of alkyl halides is 3. The second kappa shape index (κ2) is 9.84. The van der Waals surface area contributed by atoms with Gasteiger partial charge in [0.1, 0.15) is 18.2 Å². The van der Waals surface area contributed by atoms with Crippen molar-refractivity contribution in [2.45, 2.75) is 31.6 Å². The third-order valence-electron chi connectivity index (χ3n) is 5.05. The minimum absolute atomic E-state index is 0.00747. The number of nitrogens with zero attached hydrogens (tertiary/aromatic N) is 4. The fourth-order valence-corrected chi connectivity index (χ4v) is 3.55. The van der Waals surface area contributed by atoms with Crippen LogP contribution in [0.1, 0.15) is 24.0 Å². The van der Waals surface area contributed by atoms with E-state index in [4.69, 9.17) is 5.73 Å². The molecule has 1 aliphatic heterocycles.